The van der Waals surface area contributed by atoms with E-state index < -0.39 is 0 Å². The normalized spacial score (nSPS) is 16.2. The molecule has 0 spiro atoms. The Morgan fingerprint density at radius 3 is 2.78 bits per heavy atom. The van der Waals surface area contributed by atoms with Gasteiger partial charge in [-0.15, -0.1) is 0 Å². The molecule has 0 aliphatic carbocycles. The Bertz CT molecular complexity index is 635. The van der Waals surface area contributed by atoms with Gasteiger partial charge in [-0.05, 0) is 49.0 Å². The Hall–Kier alpha value is -1.85. The van der Waals surface area contributed by atoms with Crippen LogP contribution in [0.4, 0.5) is 5.69 Å². The summed E-state index contributed by atoms with van der Waals surface area (Å²) in [5.41, 5.74) is 2.23. The minimum Gasteiger partial charge on any atom is -0.463 e. The van der Waals surface area contributed by atoms with Crippen LogP contribution in [0.2, 0.25) is 0 Å². The molecule has 0 amide bonds. The van der Waals surface area contributed by atoms with E-state index in [9.17, 15) is 0 Å². The van der Waals surface area contributed by atoms with Crippen LogP contribution in [-0.2, 0) is 0 Å². The molecule has 5 heteroatoms. The standard InChI is InChI=1S/C18H23N3OS/c1-14-6-4-7-15(12-14)20-18(23)19-13-16(17-8-5-11-22-17)21-9-2-3-10-21/h4-8,11-12,16H,2-3,9-10,13H2,1H3,(H2,19,20,23)/p+1/t16-/m0/s1. The van der Waals surface area contributed by atoms with Gasteiger partial charge in [0.25, 0.3) is 0 Å². The number of hydrogen-bond acceptors (Lipinski definition) is 2. The summed E-state index contributed by atoms with van der Waals surface area (Å²) in [6, 6.07) is 12.5. The lowest BCUT2D eigenvalue weighted by Crippen LogP contribution is -3.11. The van der Waals surface area contributed by atoms with Gasteiger partial charge in [-0.2, -0.15) is 0 Å². The van der Waals surface area contributed by atoms with Crippen molar-refractivity contribution in [1.82, 2.24) is 5.32 Å². The maximum atomic E-state index is 5.65. The number of likely N-dealkylation sites (tertiary alicyclic amines) is 1. The van der Waals surface area contributed by atoms with Gasteiger partial charge in [-0.3, -0.25) is 0 Å². The van der Waals surface area contributed by atoms with Crippen molar-refractivity contribution in [3.63, 3.8) is 0 Å². The van der Waals surface area contributed by atoms with Crippen LogP contribution >= 0.6 is 12.2 Å². The molecule has 2 aromatic rings. The molecule has 4 nitrogen and oxygen atoms in total. The van der Waals surface area contributed by atoms with E-state index in [1.54, 1.807) is 11.2 Å². The fourth-order valence-electron chi connectivity index (χ4n) is 3.21. The number of quaternary nitrogens is 1. The monoisotopic (exact) mass is 330 g/mol. The molecule has 2 heterocycles. The molecule has 0 bridgehead atoms. The summed E-state index contributed by atoms with van der Waals surface area (Å²) in [5.74, 6) is 1.03. The Morgan fingerprint density at radius 1 is 1.26 bits per heavy atom. The van der Waals surface area contributed by atoms with Crippen LogP contribution in [0.5, 0.6) is 0 Å². The molecular weight excluding hydrogens is 306 g/mol. The highest BCUT2D eigenvalue weighted by Crippen LogP contribution is 2.12. The smallest absolute Gasteiger partial charge is 0.171 e. The third-order valence-electron chi connectivity index (χ3n) is 4.37. The summed E-state index contributed by atoms with van der Waals surface area (Å²) in [6.07, 6.45) is 4.33. The molecule has 1 aliphatic heterocycles. The lowest BCUT2D eigenvalue weighted by molar-refractivity contribution is -0.919. The summed E-state index contributed by atoms with van der Waals surface area (Å²) in [4.78, 5) is 1.57. The van der Waals surface area contributed by atoms with E-state index in [0.29, 0.717) is 11.2 Å². The Kier molecular flexibility index (Phi) is 5.31. The third kappa shape index (κ3) is 4.33. The van der Waals surface area contributed by atoms with Crippen molar-refractivity contribution in [3.8, 4) is 0 Å². The largest absolute Gasteiger partial charge is 0.463 e. The average molecular weight is 330 g/mol. The number of thiocarbonyl (C=S) groups is 1. The molecule has 122 valence electrons. The molecular formula is C18H24N3OS+. The summed E-state index contributed by atoms with van der Waals surface area (Å²) < 4.78 is 5.65. The van der Waals surface area contributed by atoms with Gasteiger partial charge < -0.3 is 20.0 Å². The number of rotatable bonds is 5. The van der Waals surface area contributed by atoms with Crippen molar-refractivity contribution < 1.29 is 9.32 Å². The van der Waals surface area contributed by atoms with Crippen molar-refractivity contribution >= 4 is 23.0 Å². The molecule has 1 atom stereocenters. The Labute approximate surface area is 142 Å². The van der Waals surface area contributed by atoms with E-state index in [0.717, 1.165) is 18.0 Å². The van der Waals surface area contributed by atoms with E-state index in [1.807, 2.05) is 18.2 Å². The molecule has 3 rings (SSSR count). The maximum Gasteiger partial charge on any atom is 0.171 e. The lowest BCUT2D eigenvalue weighted by Gasteiger charge is -2.23. The highest BCUT2D eigenvalue weighted by Gasteiger charge is 2.29. The predicted molar refractivity (Wildman–Crippen MR) is 96.8 cm³/mol. The van der Waals surface area contributed by atoms with Gasteiger partial charge in [0.1, 0.15) is 0 Å². The second kappa shape index (κ2) is 7.62. The first-order valence-corrected chi connectivity index (χ1v) is 8.63. The van der Waals surface area contributed by atoms with E-state index in [4.69, 9.17) is 16.6 Å². The van der Waals surface area contributed by atoms with Crippen molar-refractivity contribution in [2.45, 2.75) is 25.8 Å². The highest BCUT2D eigenvalue weighted by molar-refractivity contribution is 7.80. The summed E-state index contributed by atoms with van der Waals surface area (Å²) in [5, 5.41) is 7.27. The number of aryl methyl sites for hydroxylation is 1. The van der Waals surface area contributed by atoms with Gasteiger partial charge >= 0.3 is 0 Å². The van der Waals surface area contributed by atoms with Crippen molar-refractivity contribution in [3.05, 3.63) is 54.0 Å². The Morgan fingerprint density at radius 2 is 2.09 bits per heavy atom. The van der Waals surface area contributed by atoms with Crippen molar-refractivity contribution in [2.75, 3.05) is 25.0 Å². The van der Waals surface area contributed by atoms with Gasteiger partial charge in [0, 0.05) is 18.5 Å². The van der Waals surface area contributed by atoms with Crippen LogP contribution in [0, 0.1) is 6.92 Å². The number of nitrogens with one attached hydrogen (secondary N) is 3. The number of benzene rings is 1. The molecule has 1 aliphatic rings. The zero-order valence-electron chi connectivity index (χ0n) is 13.5. The van der Waals surface area contributed by atoms with Gasteiger partial charge in [-0.1, -0.05) is 12.1 Å². The van der Waals surface area contributed by atoms with Crippen LogP contribution in [0.3, 0.4) is 0 Å². The first-order valence-electron chi connectivity index (χ1n) is 8.22. The molecule has 0 saturated carbocycles. The van der Waals surface area contributed by atoms with Gasteiger partial charge in [-0.25, -0.2) is 0 Å². The van der Waals surface area contributed by atoms with E-state index >= 15 is 0 Å². The molecule has 0 radical (unpaired) electrons. The van der Waals surface area contributed by atoms with Gasteiger partial charge in [0.05, 0.1) is 25.9 Å². The van der Waals surface area contributed by atoms with E-state index in [1.165, 1.54) is 31.5 Å². The molecule has 1 fully saturated rings. The highest BCUT2D eigenvalue weighted by atomic mass is 32.1. The summed E-state index contributed by atoms with van der Waals surface area (Å²) >= 11 is 5.44. The van der Waals surface area contributed by atoms with Crippen LogP contribution < -0.4 is 15.5 Å². The molecule has 1 aromatic heterocycles. The number of anilines is 1. The summed E-state index contributed by atoms with van der Waals surface area (Å²) in [6.45, 7) is 5.25. The van der Waals surface area contributed by atoms with E-state index in [2.05, 4.69) is 35.8 Å². The number of furan rings is 1. The SMILES string of the molecule is Cc1cccc(NC(=S)NC[C@@H](c2ccco2)[NH+]2CCCC2)c1. The fraction of sp³-hybridized carbons (Fsp3) is 0.389. The third-order valence-corrected chi connectivity index (χ3v) is 4.61. The van der Waals surface area contributed by atoms with Crippen LogP contribution in [0.25, 0.3) is 0 Å². The second-order valence-corrected chi connectivity index (χ2v) is 6.55. The van der Waals surface area contributed by atoms with E-state index in [-0.39, 0.29) is 0 Å². The topological polar surface area (TPSA) is 41.6 Å². The molecule has 1 saturated heterocycles. The molecule has 23 heavy (non-hydrogen) atoms. The Balaban J connectivity index is 1.59. The lowest BCUT2D eigenvalue weighted by atomic mass is 10.2. The average Bonchev–Trinajstić information content (AvgIpc) is 3.21. The zero-order valence-corrected chi connectivity index (χ0v) is 14.3. The second-order valence-electron chi connectivity index (χ2n) is 6.14. The summed E-state index contributed by atoms with van der Waals surface area (Å²) in [7, 11) is 0. The van der Waals surface area contributed by atoms with Crippen LogP contribution in [-0.4, -0.2) is 24.7 Å². The quantitative estimate of drug-likeness (QED) is 0.736. The van der Waals surface area contributed by atoms with Crippen LogP contribution in [0.15, 0.2) is 47.1 Å². The molecule has 3 N–H and O–H groups in total. The molecule has 0 unspecified atom stereocenters. The number of hydrogen-bond donors (Lipinski definition) is 3. The van der Waals surface area contributed by atoms with Gasteiger partial charge in [0.15, 0.2) is 16.9 Å². The molecule has 1 aromatic carbocycles. The van der Waals surface area contributed by atoms with Crippen molar-refractivity contribution in [2.24, 2.45) is 0 Å². The first kappa shape index (κ1) is 16.0. The maximum absolute atomic E-state index is 5.65. The van der Waals surface area contributed by atoms with Gasteiger partial charge in [0.2, 0.25) is 0 Å². The fourth-order valence-corrected chi connectivity index (χ4v) is 3.41. The van der Waals surface area contributed by atoms with Crippen molar-refractivity contribution in [1.29, 1.82) is 0 Å². The predicted octanol–water partition coefficient (Wildman–Crippen LogP) is 2.29. The zero-order chi connectivity index (χ0) is 16.1. The van der Waals surface area contributed by atoms with Crippen LogP contribution in [0.1, 0.15) is 30.2 Å². The minimum absolute atomic E-state index is 0.310. The first-order chi connectivity index (χ1) is 11.2. The minimum atomic E-state index is 0.310.